The van der Waals surface area contributed by atoms with Crippen LogP contribution >= 0.6 is 0 Å². The zero-order valence-corrected chi connectivity index (χ0v) is 13.7. The molecule has 24 heavy (non-hydrogen) atoms. The third-order valence-corrected chi connectivity index (χ3v) is 5.14. The Bertz CT molecular complexity index is 870. The number of carbonyl (C=O) groups excluding carboxylic acids is 2. The monoisotopic (exact) mass is 349 g/mol. The molecule has 0 unspecified atom stereocenters. The Morgan fingerprint density at radius 3 is 2.33 bits per heavy atom. The molecule has 1 aromatic heterocycles. The number of rotatable bonds is 5. The number of nitrogens with zero attached hydrogens (tertiary/aromatic N) is 2. The molecule has 126 valence electrons. The van der Waals surface area contributed by atoms with E-state index in [0.29, 0.717) is 17.1 Å². The van der Waals surface area contributed by atoms with Crippen molar-refractivity contribution >= 4 is 27.5 Å². The molecular weight excluding hydrogens is 334 g/mol. The van der Waals surface area contributed by atoms with E-state index in [0.717, 1.165) is 4.90 Å². The van der Waals surface area contributed by atoms with Gasteiger partial charge in [0.15, 0.2) is 6.39 Å². The highest BCUT2D eigenvalue weighted by Gasteiger charge is 2.30. The topological polar surface area (TPSA) is 110 Å². The van der Waals surface area contributed by atoms with Gasteiger partial charge in [0, 0.05) is 12.8 Å². The fourth-order valence-electron chi connectivity index (χ4n) is 2.38. The number of imide groups is 1. The predicted molar refractivity (Wildman–Crippen MR) is 83.4 cm³/mol. The predicted octanol–water partition coefficient (Wildman–Crippen LogP) is 1.11. The fourth-order valence-corrected chi connectivity index (χ4v) is 3.36. The van der Waals surface area contributed by atoms with E-state index < -0.39 is 10.0 Å². The van der Waals surface area contributed by atoms with Gasteiger partial charge < -0.3 is 4.42 Å². The van der Waals surface area contributed by atoms with E-state index in [9.17, 15) is 18.0 Å². The van der Waals surface area contributed by atoms with Gasteiger partial charge in [-0.2, -0.15) is 0 Å². The molecule has 0 saturated carbocycles. The second kappa shape index (κ2) is 6.17. The fraction of sp³-hybridized carbons (Fsp3) is 0.267. The Labute approximate surface area is 138 Å². The Balaban J connectivity index is 1.76. The van der Waals surface area contributed by atoms with Crippen LogP contribution in [0.1, 0.15) is 24.3 Å². The highest BCUT2D eigenvalue weighted by molar-refractivity contribution is 7.89. The maximum absolute atomic E-state index is 12.3. The maximum atomic E-state index is 12.3. The number of anilines is 1. The average molecular weight is 349 g/mol. The summed E-state index contributed by atoms with van der Waals surface area (Å²) in [6.45, 7) is 1.70. The van der Waals surface area contributed by atoms with E-state index in [1.165, 1.54) is 30.7 Å². The summed E-state index contributed by atoms with van der Waals surface area (Å²) in [5.41, 5.74) is 0.978. The zero-order valence-electron chi connectivity index (χ0n) is 12.9. The maximum Gasteiger partial charge on any atom is 0.240 e. The van der Waals surface area contributed by atoms with Gasteiger partial charge in [0.1, 0.15) is 5.76 Å². The molecule has 9 heteroatoms. The Morgan fingerprint density at radius 1 is 1.17 bits per heavy atom. The molecule has 3 rings (SSSR count). The van der Waals surface area contributed by atoms with Crippen molar-refractivity contribution in [2.24, 2.45) is 0 Å². The summed E-state index contributed by atoms with van der Waals surface area (Å²) < 4.78 is 32.1. The summed E-state index contributed by atoms with van der Waals surface area (Å²) in [6.07, 6.45) is 1.60. The van der Waals surface area contributed by atoms with Crippen LogP contribution in [-0.2, 0) is 26.2 Å². The van der Waals surface area contributed by atoms with Crippen LogP contribution in [-0.4, -0.2) is 25.2 Å². The van der Waals surface area contributed by atoms with Gasteiger partial charge >= 0.3 is 0 Å². The molecule has 0 aliphatic carbocycles. The minimum atomic E-state index is -3.75. The molecule has 0 bridgehead atoms. The molecule has 2 heterocycles. The summed E-state index contributed by atoms with van der Waals surface area (Å²) in [5, 5.41) is 0. The lowest BCUT2D eigenvalue weighted by molar-refractivity contribution is -0.121. The summed E-state index contributed by atoms with van der Waals surface area (Å²) in [4.78, 5) is 28.4. The van der Waals surface area contributed by atoms with Gasteiger partial charge in [0.25, 0.3) is 0 Å². The van der Waals surface area contributed by atoms with Gasteiger partial charge in [0.2, 0.25) is 21.8 Å². The van der Waals surface area contributed by atoms with E-state index in [2.05, 4.69) is 9.71 Å². The first-order valence-corrected chi connectivity index (χ1v) is 8.71. The lowest BCUT2D eigenvalue weighted by Crippen LogP contribution is -2.28. The lowest BCUT2D eigenvalue weighted by atomic mass is 10.3. The number of nitrogens with one attached hydrogen (secondary N) is 1. The minimum absolute atomic E-state index is 0.0149. The molecule has 1 aliphatic rings. The van der Waals surface area contributed by atoms with Crippen LogP contribution in [0.3, 0.4) is 0 Å². The molecule has 1 fully saturated rings. The average Bonchev–Trinajstić information content (AvgIpc) is 3.11. The summed E-state index contributed by atoms with van der Waals surface area (Å²) >= 11 is 0. The van der Waals surface area contributed by atoms with Gasteiger partial charge in [-0.05, 0) is 31.2 Å². The molecule has 2 amide bonds. The van der Waals surface area contributed by atoms with Crippen molar-refractivity contribution in [3.05, 3.63) is 42.1 Å². The van der Waals surface area contributed by atoms with E-state index in [1.807, 2.05) is 0 Å². The van der Waals surface area contributed by atoms with E-state index in [-0.39, 0.29) is 36.1 Å². The second-order valence-electron chi connectivity index (χ2n) is 5.30. The standard InChI is InChI=1S/C15H15N3O5S/c1-10-13(23-9-16-10)8-17-24(21,22)12-4-2-11(3-5-12)18-14(19)6-7-15(18)20/h2-5,9,17H,6-8H2,1H3. The zero-order chi connectivity index (χ0) is 17.3. The molecular formula is C15H15N3O5S. The van der Waals surface area contributed by atoms with Gasteiger partial charge in [-0.3, -0.25) is 14.5 Å². The van der Waals surface area contributed by atoms with Gasteiger partial charge in [-0.15, -0.1) is 0 Å². The number of sulfonamides is 1. The number of carbonyl (C=O) groups is 2. The van der Waals surface area contributed by atoms with Gasteiger partial charge in [-0.1, -0.05) is 0 Å². The Hall–Kier alpha value is -2.52. The summed E-state index contributed by atoms with van der Waals surface area (Å²) in [7, 11) is -3.75. The van der Waals surface area contributed by atoms with Crippen LogP contribution in [0.4, 0.5) is 5.69 Å². The molecule has 2 aromatic rings. The highest BCUT2D eigenvalue weighted by Crippen LogP contribution is 2.24. The Morgan fingerprint density at radius 2 is 1.79 bits per heavy atom. The van der Waals surface area contributed by atoms with Crippen molar-refractivity contribution in [3.8, 4) is 0 Å². The van der Waals surface area contributed by atoms with Gasteiger partial charge in [-0.25, -0.2) is 18.1 Å². The van der Waals surface area contributed by atoms with Crippen LogP contribution in [0.15, 0.2) is 40.0 Å². The number of hydrogen-bond acceptors (Lipinski definition) is 6. The van der Waals surface area contributed by atoms with Crippen molar-refractivity contribution in [3.63, 3.8) is 0 Å². The number of aromatic nitrogens is 1. The number of benzene rings is 1. The van der Waals surface area contributed by atoms with Crippen molar-refractivity contribution < 1.29 is 22.4 Å². The molecule has 0 spiro atoms. The van der Waals surface area contributed by atoms with Crippen LogP contribution in [0.25, 0.3) is 0 Å². The molecule has 0 atom stereocenters. The van der Waals surface area contributed by atoms with Gasteiger partial charge in [0.05, 0.1) is 22.8 Å². The number of amides is 2. The molecule has 1 saturated heterocycles. The number of oxazole rings is 1. The largest absolute Gasteiger partial charge is 0.447 e. The first kappa shape index (κ1) is 16.3. The molecule has 1 aromatic carbocycles. The van der Waals surface area contributed by atoms with Crippen molar-refractivity contribution in [1.29, 1.82) is 0 Å². The summed E-state index contributed by atoms with van der Waals surface area (Å²) in [5.74, 6) is -0.132. The van der Waals surface area contributed by atoms with E-state index >= 15 is 0 Å². The first-order valence-electron chi connectivity index (χ1n) is 7.23. The van der Waals surface area contributed by atoms with E-state index in [4.69, 9.17) is 4.42 Å². The molecule has 0 radical (unpaired) electrons. The normalized spacial score (nSPS) is 15.3. The highest BCUT2D eigenvalue weighted by atomic mass is 32.2. The lowest BCUT2D eigenvalue weighted by Gasteiger charge is -2.14. The van der Waals surface area contributed by atoms with Crippen LogP contribution in [0.5, 0.6) is 0 Å². The van der Waals surface area contributed by atoms with Crippen molar-refractivity contribution in [1.82, 2.24) is 9.71 Å². The number of aryl methyl sites for hydroxylation is 1. The molecule has 1 N–H and O–H groups in total. The third kappa shape index (κ3) is 3.08. The quantitative estimate of drug-likeness (QED) is 0.810. The van der Waals surface area contributed by atoms with E-state index in [1.54, 1.807) is 6.92 Å². The van der Waals surface area contributed by atoms with Crippen LogP contribution < -0.4 is 9.62 Å². The van der Waals surface area contributed by atoms with Crippen LogP contribution in [0, 0.1) is 6.92 Å². The second-order valence-corrected chi connectivity index (χ2v) is 7.07. The third-order valence-electron chi connectivity index (χ3n) is 3.72. The van der Waals surface area contributed by atoms with Crippen LogP contribution in [0.2, 0.25) is 0 Å². The molecule has 8 nitrogen and oxygen atoms in total. The van der Waals surface area contributed by atoms with Crippen molar-refractivity contribution in [2.45, 2.75) is 31.2 Å². The Kier molecular flexibility index (Phi) is 4.20. The number of hydrogen-bond donors (Lipinski definition) is 1. The molecule has 1 aliphatic heterocycles. The minimum Gasteiger partial charge on any atom is -0.447 e. The smallest absolute Gasteiger partial charge is 0.240 e. The van der Waals surface area contributed by atoms with Crippen molar-refractivity contribution in [2.75, 3.05) is 4.90 Å². The SMILES string of the molecule is Cc1ncoc1CNS(=O)(=O)c1ccc(N2C(=O)CCC2=O)cc1. The first-order chi connectivity index (χ1) is 11.4. The summed E-state index contributed by atoms with van der Waals surface area (Å²) in [6, 6.07) is 5.58.